The highest BCUT2D eigenvalue weighted by molar-refractivity contribution is 5.77. The molecule has 4 heterocycles. The highest BCUT2D eigenvalue weighted by atomic mass is 16.6. The normalized spacial score (nSPS) is 37.3. The summed E-state index contributed by atoms with van der Waals surface area (Å²) in [5.74, 6) is 0.304. The van der Waals surface area contributed by atoms with Crippen molar-refractivity contribution in [3.8, 4) is 0 Å². The van der Waals surface area contributed by atoms with Gasteiger partial charge in [-0.1, -0.05) is 6.42 Å². The van der Waals surface area contributed by atoms with Gasteiger partial charge in [-0.25, -0.2) is 0 Å². The van der Waals surface area contributed by atoms with E-state index in [4.69, 9.17) is 18.9 Å². The van der Waals surface area contributed by atoms with Crippen LogP contribution in [0, 0.1) is 0 Å². The van der Waals surface area contributed by atoms with Gasteiger partial charge < -0.3 is 28.7 Å². The minimum absolute atomic E-state index is 0.152. The van der Waals surface area contributed by atoms with E-state index in [-0.39, 0.29) is 34.2 Å². The van der Waals surface area contributed by atoms with Crippen molar-refractivity contribution in [3.63, 3.8) is 0 Å². The SMILES string of the molecule is CC1(CN(CC2(C)CO2)C(=O)CCCCCC(=O)N(CC2(C)CO2)CC2(C)CO2)CO1. The molecule has 4 aliphatic rings. The van der Waals surface area contributed by atoms with Gasteiger partial charge in [0.2, 0.25) is 11.8 Å². The molecule has 0 aromatic carbocycles. The Labute approximate surface area is 185 Å². The van der Waals surface area contributed by atoms with Gasteiger partial charge in [0.1, 0.15) is 22.4 Å². The Hall–Kier alpha value is -1.22. The topological polar surface area (TPSA) is 90.7 Å². The summed E-state index contributed by atoms with van der Waals surface area (Å²) >= 11 is 0. The molecule has 0 saturated carbocycles. The van der Waals surface area contributed by atoms with E-state index in [2.05, 4.69) is 0 Å². The van der Waals surface area contributed by atoms with E-state index >= 15 is 0 Å². The Morgan fingerprint density at radius 1 is 0.581 bits per heavy atom. The van der Waals surface area contributed by atoms with Gasteiger partial charge in [0.15, 0.2) is 0 Å². The van der Waals surface area contributed by atoms with Crippen LogP contribution >= 0.6 is 0 Å². The molecule has 0 N–H and O–H groups in total. The lowest BCUT2D eigenvalue weighted by Crippen LogP contribution is -2.43. The minimum atomic E-state index is -0.194. The molecule has 0 radical (unpaired) electrons. The Morgan fingerprint density at radius 3 is 1.06 bits per heavy atom. The molecule has 4 rings (SSSR count). The van der Waals surface area contributed by atoms with Crippen LogP contribution in [0.4, 0.5) is 0 Å². The number of hydrogen-bond donors (Lipinski definition) is 0. The fourth-order valence-electron chi connectivity index (χ4n) is 3.98. The third-order valence-corrected chi connectivity index (χ3v) is 6.64. The summed E-state index contributed by atoms with van der Waals surface area (Å²) < 4.78 is 21.9. The number of unbranched alkanes of at least 4 members (excludes halogenated alkanes) is 2. The number of carbonyl (C=O) groups excluding carboxylic acids is 2. The Balaban J connectivity index is 1.16. The van der Waals surface area contributed by atoms with Crippen LogP contribution in [0.1, 0.15) is 59.8 Å². The van der Waals surface area contributed by atoms with Crippen LogP contribution in [-0.2, 0) is 28.5 Å². The predicted octanol–water partition coefficient (Wildman–Crippen LogP) is 1.75. The zero-order valence-electron chi connectivity index (χ0n) is 19.5. The van der Waals surface area contributed by atoms with Crippen LogP contribution in [0.3, 0.4) is 0 Å². The molecule has 4 fully saturated rings. The zero-order valence-corrected chi connectivity index (χ0v) is 19.5. The number of epoxide rings is 4. The van der Waals surface area contributed by atoms with Gasteiger partial charge in [-0.3, -0.25) is 9.59 Å². The molecule has 0 aliphatic carbocycles. The first kappa shape index (κ1) is 23.0. The standard InChI is InChI=1S/C23H38N2O6/c1-20(14-28-20)10-24(11-21(2)15-29-21)18(26)8-6-5-7-9-19(27)25(12-22(3)16-30-22)13-23(4)17-31-23/h5-17H2,1-4H3. The van der Waals surface area contributed by atoms with E-state index in [1.807, 2.05) is 37.5 Å². The average Bonchev–Trinajstić information content (AvgIpc) is 3.52. The summed E-state index contributed by atoms with van der Waals surface area (Å²) in [6.45, 7) is 13.5. The molecule has 31 heavy (non-hydrogen) atoms. The van der Waals surface area contributed by atoms with E-state index in [1.54, 1.807) is 0 Å². The minimum Gasteiger partial charge on any atom is -0.368 e. The van der Waals surface area contributed by atoms with E-state index in [0.717, 1.165) is 19.3 Å². The Kier molecular flexibility index (Phi) is 6.13. The second-order valence-corrected chi connectivity index (χ2v) is 11.0. The fraction of sp³-hybridized carbons (Fsp3) is 0.913. The molecule has 2 amide bonds. The third-order valence-electron chi connectivity index (χ3n) is 6.64. The van der Waals surface area contributed by atoms with Crippen LogP contribution in [0.5, 0.6) is 0 Å². The van der Waals surface area contributed by atoms with Gasteiger partial charge in [0.05, 0.1) is 52.6 Å². The summed E-state index contributed by atoms with van der Waals surface area (Å²) in [5, 5.41) is 0. The summed E-state index contributed by atoms with van der Waals surface area (Å²) in [4.78, 5) is 29.4. The lowest BCUT2D eigenvalue weighted by atomic mass is 10.1. The highest BCUT2D eigenvalue weighted by Crippen LogP contribution is 2.33. The average molecular weight is 439 g/mol. The van der Waals surface area contributed by atoms with E-state index in [1.165, 1.54) is 0 Å². The van der Waals surface area contributed by atoms with Gasteiger partial charge in [0, 0.05) is 12.8 Å². The van der Waals surface area contributed by atoms with Gasteiger partial charge in [-0.05, 0) is 40.5 Å². The maximum Gasteiger partial charge on any atom is 0.222 e. The summed E-state index contributed by atoms with van der Waals surface area (Å²) in [7, 11) is 0. The molecule has 0 spiro atoms. The van der Waals surface area contributed by atoms with Crippen LogP contribution in [-0.4, -0.2) is 96.6 Å². The predicted molar refractivity (Wildman–Crippen MR) is 114 cm³/mol. The number of amides is 2. The second kappa shape index (κ2) is 8.28. The monoisotopic (exact) mass is 438 g/mol. The first-order valence-electron chi connectivity index (χ1n) is 11.6. The number of rotatable bonds is 14. The number of nitrogens with zero attached hydrogens (tertiary/aromatic N) is 2. The molecule has 8 nitrogen and oxygen atoms in total. The van der Waals surface area contributed by atoms with Gasteiger partial charge in [0.25, 0.3) is 0 Å². The quantitative estimate of drug-likeness (QED) is 0.303. The first-order chi connectivity index (χ1) is 14.5. The van der Waals surface area contributed by atoms with Crippen molar-refractivity contribution >= 4 is 11.8 Å². The molecule has 4 saturated heterocycles. The number of carbonyl (C=O) groups is 2. The molecule has 176 valence electrons. The molecule has 0 bridgehead atoms. The largest absolute Gasteiger partial charge is 0.368 e. The van der Waals surface area contributed by atoms with Crippen LogP contribution < -0.4 is 0 Å². The second-order valence-electron chi connectivity index (χ2n) is 11.0. The third kappa shape index (κ3) is 6.88. The lowest BCUT2D eigenvalue weighted by Gasteiger charge is -2.27. The highest BCUT2D eigenvalue weighted by Gasteiger charge is 2.48. The Bertz CT molecular complexity index is 596. The molecule has 4 aliphatic heterocycles. The summed E-state index contributed by atoms with van der Waals surface area (Å²) in [6, 6.07) is 0. The van der Waals surface area contributed by atoms with Crippen LogP contribution in [0.25, 0.3) is 0 Å². The smallest absolute Gasteiger partial charge is 0.222 e. The van der Waals surface area contributed by atoms with Crippen LogP contribution in [0.15, 0.2) is 0 Å². The van der Waals surface area contributed by atoms with E-state index < -0.39 is 0 Å². The molecular weight excluding hydrogens is 400 g/mol. The van der Waals surface area contributed by atoms with E-state index in [9.17, 15) is 9.59 Å². The van der Waals surface area contributed by atoms with Crippen molar-refractivity contribution in [3.05, 3.63) is 0 Å². The molecule has 8 heteroatoms. The summed E-state index contributed by atoms with van der Waals surface area (Å²) in [6.07, 6.45) is 3.45. The van der Waals surface area contributed by atoms with Gasteiger partial charge in [-0.15, -0.1) is 0 Å². The first-order valence-corrected chi connectivity index (χ1v) is 11.6. The number of hydrogen-bond acceptors (Lipinski definition) is 6. The fourth-order valence-corrected chi connectivity index (χ4v) is 3.98. The molecule has 0 aromatic rings. The van der Waals surface area contributed by atoms with Crippen LogP contribution in [0.2, 0.25) is 0 Å². The molecule has 0 aromatic heterocycles. The lowest BCUT2D eigenvalue weighted by molar-refractivity contribution is -0.133. The maximum absolute atomic E-state index is 12.8. The Morgan fingerprint density at radius 2 is 0.839 bits per heavy atom. The summed E-state index contributed by atoms with van der Waals surface area (Å²) in [5.41, 5.74) is -0.775. The molecule has 4 atom stereocenters. The van der Waals surface area contributed by atoms with Crippen molar-refractivity contribution in [2.75, 3.05) is 52.6 Å². The molecular formula is C23H38N2O6. The van der Waals surface area contributed by atoms with Crippen molar-refractivity contribution < 1.29 is 28.5 Å². The molecule has 4 unspecified atom stereocenters. The van der Waals surface area contributed by atoms with Gasteiger partial charge in [-0.2, -0.15) is 0 Å². The van der Waals surface area contributed by atoms with Crippen molar-refractivity contribution in [2.45, 2.75) is 82.2 Å². The van der Waals surface area contributed by atoms with E-state index in [0.29, 0.717) is 65.4 Å². The van der Waals surface area contributed by atoms with Crippen molar-refractivity contribution in [1.82, 2.24) is 9.80 Å². The maximum atomic E-state index is 12.8. The zero-order chi connectivity index (χ0) is 22.3. The van der Waals surface area contributed by atoms with Crippen molar-refractivity contribution in [1.29, 1.82) is 0 Å². The number of ether oxygens (including phenoxy) is 4. The van der Waals surface area contributed by atoms with Gasteiger partial charge >= 0.3 is 0 Å². The van der Waals surface area contributed by atoms with Crippen molar-refractivity contribution in [2.24, 2.45) is 0 Å².